The largest absolute Gasteiger partial charge is 0.457 e. The highest BCUT2D eigenvalue weighted by Gasteiger charge is 2.09. The lowest BCUT2D eigenvalue weighted by Gasteiger charge is -2.11. The van der Waals surface area contributed by atoms with Gasteiger partial charge in [0, 0.05) is 11.9 Å². The molecule has 0 radical (unpaired) electrons. The van der Waals surface area contributed by atoms with Crippen LogP contribution in [0, 0.1) is 0 Å². The molecule has 0 fully saturated rings. The van der Waals surface area contributed by atoms with Gasteiger partial charge in [-0.15, -0.1) is 0 Å². The highest BCUT2D eigenvalue weighted by molar-refractivity contribution is 7.90. The van der Waals surface area contributed by atoms with E-state index in [9.17, 15) is 8.42 Å². The van der Waals surface area contributed by atoms with E-state index in [1.165, 1.54) is 0 Å². The molecule has 5 nitrogen and oxygen atoms in total. The summed E-state index contributed by atoms with van der Waals surface area (Å²) in [5, 5.41) is 2.13. The lowest BCUT2D eigenvalue weighted by atomic mass is 10.1. The van der Waals surface area contributed by atoms with Crippen LogP contribution in [-0.4, -0.2) is 15.0 Å². The minimum absolute atomic E-state index is 0.400. The topological polar surface area (TPSA) is 67.4 Å². The van der Waals surface area contributed by atoms with Gasteiger partial charge in [0.2, 0.25) is 0 Å². The first kappa shape index (κ1) is 17.3. The van der Waals surface area contributed by atoms with Crippen LogP contribution in [0.4, 0.5) is 5.69 Å². The second-order valence-corrected chi connectivity index (χ2v) is 7.10. The molecule has 0 atom stereocenters. The summed E-state index contributed by atoms with van der Waals surface area (Å²) in [6.07, 6.45) is 0.735. The molecule has 0 aliphatic carbocycles. The van der Waals surface area contributed by atoms with Gasteiger partial charge in [0.15, 0.2) is 0 Å². The Morgan fingerprint density at radius 2 is 1.64 bits per heavy atom. The SMILES string of the molecule is CCCNS(=O)(=O)Nc1ccc(Oc2cccc3ccccc23)cc1. The monoisotopic (exact) mass is 356 g/mol. The Balaban J connectivity index is 1.74. The van der Waals surface area contributed by atoms with E-state index in [1.54, 1.807) is 24.3 Å². The van der Waals surface area contributed by atoms with E-state index in [0.29, 0.717) is 18.0 Å². The Bertz CT molecular complexity index is 949. The quantitative estimate of drug-likeness (QED) is 0.664. The van der Waals surface area contributed by atoms with Crippen LogP contribution < -0.4 is 14.2 Å². The Labute approximate surface area is 147 Å². The average Bonchev–Trinajstić information content (AvgIpc) is 2.62. The molecule has 0 aliphatic heterocycles. The molecular weight excluding hydrogens is 336 g/mol. The molecule has 3 aromatic rings. The normalized spacial score (nSPS) is 11.4. The lowest BCUT2D eigenvalue weighted by Crippen LogP contribution is -2.30. The van der Waals surface area contributed by atoms with E-state index in [2.05, 4.69) is 9.44 Å². The average molecular weight is 356 g/mol. The maximum atomic E-state index is 11.8. The van der Waals surface area contributed by atoms with Crippen LogP contribution in [0.3, 0.4) is 0 Å². The summed E-state index contributed by atoms with van der Waals surface area (Å²) >= 11 is 0. The maximum Gasteiger partial charge on any atom is 0.299 e. The van der Waals surface area contributed by atoms with Gasteiger partial charge in [-0.25, -0.2) is 0 Å². The molecular formula is C19H20N2O3S. The van der Waals surface area contributed by atoms with E-state index in [1.807, 2.05) is 49.4 Å². The molecule has 3 rings (SSSR count). The Hall–Kier alpha value is -2.57. The molecule has 0 heterocycles. The van der Waals surface area contributed by atoms with E-state index in [-0.39, 0.29) is 0 Å². The van der Waals surface area contributed by atoms with Crippen molar-refractivity contribution in [3.63, 3.8) is 0 Å². The van der Waals surface area contributed by atoms with E-state index in [4.69, 9.17) is 4.74 Å². The van der Waals surface area contributed by atoms with Crippen molar-refractivity contribution in [1.82, 2.24) is 4.72 Å². The van der Waals surface area contributed by atoms with Crippen LogP contribution in [-0.2, 0) is 10.2 Å². The Morgan fingerprint density at radius 1 is 0.920 bits per heavy atom. The molecule has 0 bridgehead atoms. The number of fused-ring (bicyclic) bond motifs is 1. The van der Waals surface area contributed by atoms with Crippen LogP contribution in [0.5, 0.6) is 11.5 Å². The van der Waals surface area contributed by atoms with Gasteiger partial charge in [0.25, 0.3) is 10.2 Å². The number of ether oxygens (including phenoxy) is 1. The van der Waals surface area contributed by atoms with Crippen LogP contribution in [0.2, 0.25) is 0 Å². The predicted molar refractivity (Wildman–Crippen MR) is 101 cm³/mol. The van der Waals surface area contributed by atoms with Gasteiger partial charge in [0.05, 0.1) is 5.69 Å². The second-order valence-electron chi connectivity index (χ2n) is 5.60. The predicted octanol–water partition coefficient (Wildman–Crippen LogP) is 4.29. The van der Waals surface area contributed by atoms with Crippen molar-refractivity contribution in [2.45, 2.75) is 13.3 Å². The van der Waals surface area contributed by atoms with Gasteiger partial charge < -0.3 is 4.74 Å². The third kappa shape index (κ3) is 4.49. The second kappa shape index (κ2) is 7.55. The van der Waals surface area contributed by atoms with Crippen LogP contribution >= 0.6 is 0 Å². The van der Waals surface area contributed by atoms with Crippen molar-refractivity contribution in [1.29, 1.82) is 0 Å². The minimum Gasteiger partial charge on any atom is -0.457 e. The van der Waals surface area contributed by atoms with E-state index >= 15 is 0 Å². The van der Waals surface area contributed by atoms with E-state index < -0.39 is 10.2 Å². The molecule has 0 unspecified atom stereocenters. The third-order valence-electron chi connectivity index (χ3n) is 3.63. The molecule has 0 spiro atoms. The molecule has 0 aromatic heterocycles. The molecule has 3 aromatic carbocycles. The van der Waals surface area contributed by atoms with Crippen molar-refractivity contribution in [2.24, 2.45) is 0 Å². The lowest BCUT2D eigenvalue weighted by molar-refractivity contribution is 0.488. The van der Waals surface area contributed by atoms with Gasteiger partial charge in [-0.05, 0) is 42.1 Å². The number of anilines is 1. The molecule has 0 amide bonds. The maximum absolute atomic E-state index is 11.8. The fourth-order valence-corrected chi connectivity index (χ4v) is 3.42. The van der Waals surface area contributed by atoms with Crippen molar-refractivity contribution in [3.8, 4) is 11.5 Å². The first-order valence-electron chi connectivity index (χ1n) is 8.10. The van der Waals surface area contributed by atoms with Gasteiger partial charge >= 0.3 is 0 Å². The molecule has 6 heteroatoms. The van der Waals surface area contributed by atoms with Crippen molar-refractivity contribution in [2.75, 3.05) is 11.3 Å². The zero-order valence-electron chi connectivity index (χ0n) is 13.9. The highest BCUT2D eigenvalue weighted by Crippen LogP contribution is 2.30. The minimum atomic E-state index is -3.54. The number of hydrogen-bond donors (Lipinski definition) is 2. The third-order valence-corrected chi connectivity index (χ3v) is 4.71. The molecule has 25 heavy (non-hydrogen) atoms. The Kier molecular flexibility index (Phi) is 5.21. The number of rotatable bonds is 7. The molecule has 130 valence electrons. The van der Waals surface area contributed by atoms with Crippen molar-refractivity contribution >= 4 is 26.7 Å². The molecule has 0 aliphatic rings. The number of hydrogen-bond acceptors (Lipinski definition) is 3. The first-order valence-corrected chi connectivity index (χ1v) is 9.59. The summed E-state index contributed by atoms with van der Waals surface area (Å²) in [4.78, 5) is 0. The smallest absolute Gasteiger partial charge is 0.299 e. The molecule has 0 saturated carbocycles. The van der Waals surface area contributed by atoms with Crippen LogP contribution in [0.15, 0.2) is 66.7 Å². The van der Waals surface area contributed by atoms with Gasteiger partial charge in [-0.3, -0.25) is 4.72 Å². The van der Waals surface area contributed by atoms with Gasteiger partial charge in [-0.2, -0.15) is 13.1 Å². The standard InChI is InChI=1S/C19H20N2O3S/c1-2-14-20-25(22,23)21-16-10-12-17(13-11-16)24-19-9-5-7-15-6-3-4-8-18(15)19/h3-13,20-21H,2,14H2,1H3. The summed E-state index contributed by atoms with van der Waals surface area (Å²) in [6.45, 7) is 2.31. The van der Waals surface area contributed by atoms with Gasteiger partial charge in [-0.1, -0.05) is 43.3 Å². The summed E-state index contributed by atoms with van der Waals surface area (Å²) in [5.74, 6) is 1.40. The van der Waals surface area contributed by atoms with E-state index in [0.717, 1.165) is 22.9 Å². The fraction of sp³-hybridized carbons (Fsp3) is 0.158. The summed E-state index contributed by atoms with van der Waals surface area (Å²) in [6, 6.07) is 20.7. The zero-order chi connectivity index (χ0) is 17.7. The fourth-order valence-electron chi connectivity index (χ4n) is 2.43. The first-order chi connectivity index (χ1) is 12.1. The molecule has 2 N–H and O–H groups in total. The Morgan fingerprint density at radius 3 is 2.40 bits per heavy atom. The molecule has 0 saturated heterocycles. The summed E-state index contributed by atoms with van der Waals surface area (Å²) in [7, 11) is -3.54. The van der Waals surface area contributed by atoms with Crippen molar-refractivity contribution < 1.29 is 13.2 Å². The van der Waals surface area contributed by atoms with Crippen molar-refractivity contribution in [3.05, 3.63) is 66.7 Å². The van der Waals surface area contributed by atoms with Crippen LogP contribution in [0.1, 0.15) is 13.3 Å². The summed E-state index contributed by atoms with van der Waals surface area (Å²) < 4.78 is 34.5. The van der Waals surface area contributed by atoms with Gasteiger partial charge in [0.1, 0.15) is 11.5 Å². The number of benzene rings is 3. The highest BCUT2D eigenvalue weighted by atomic mass is 32.2. The number of nitrogens with one attached hydrogen (secondary N) is 2. The zero-order valence-corrected chi connectivity index (χ0v) is 14.7. The van der Waals surface area contributed by atoms with Crippen LogP contribution in [0.25, 0.3) is 10.8 Å². The summed E-state index contributed by atoms with van der Waals surface area (Å²) in [5.41, 5.74) is 0.480.